The molecule has 1 unspecified atom stereocenters. The van der Waals surface area contributed by atoms with Gasteiger partial charge in [-0.15, -0.1) is 0 Å². The van der Waals surface area contributed by atoms with E-state index < -0.39 is 0 Å². The van der Waals surface area contributed by atoms with Gasteiger partial charge in [0.2, 0.25) is 0 Å². The lowest BCUT2D eigenvalue weighted by Crippen LogP contribution is -2.29. The van der Waals surface area contributed by atoms with Gasteiger partial charge in [0.1, 0.15) is 11.8 Å². The van der Waals surface area contributed by atoms with E-state index in [0.29, 0.717) is 5.02 Å². The van der Waals surface area contributed by atoms with E-state index >= 15 is 0 Å². The summed E-state index contributed by atoms with van der Waals surface area (Å²) in [6.07, 6.45) is 1.62. The molecule has 1 heterocycles. The molecular weight excluding hydrogens is 304 g/mol. The summed E-state index contributed by atoms with van der Waals surface area (Å²) in [5.41, 5.74) is 4.85. The van der Waals surface area contributed by atoms with Crippen LogP contribution in [-0.2, 0) is 0 Å². The highest BCUT2D eigenvalue weighted by Crippen LogP contribution is 2.31. The molecule has 0 aliphatic rings. The van der Waals surface area contributed by atoms with Crippen LogP contribution in [0.4, 0.5) is 0 Å². The maximum atomic E-state index is 5.94. The highest BCUT2D eigenvalue weighted by Gasteiger charge is 2.20. The standard InChI is InChI=1S/C12H12BrClN2O/c1-7-6-8(14)2-3-9(7)11(16-15)12-10(13)4-5-17-12/h2-6,11,16H,15H2,1H3. The van der Waals surface area contributed by atoms with Crippen molar-refractivity contribution in [1.82, 2.24) is 5.43 Å². The maximum absolute atomic E-state index is 5.94. The van der Waals surface area contributed by atoms with Gasteiger partial charge in [0, 0.05) is 5.02 Å². The first-order chi connectivity index (χ1) is 8.13. The molecule has 3 N–H and O–H groups in total. The van der Waals surface area contributed by atoms with E-state index in [9.17, 15) is 0 Å². The van der Waals surface area contributed by atoms with Gasteiger partial charge in [-0.3, -0.25) is 5.84 Å². The zero-order chi connectivity index (χ0) is 12.4. The number of hydrogen-bond donors (Lipinski definition) is 2. The summed E-state index contributed by atoms with van der Waals surface area (Å²) in [4.78, 5) is 0. The number of hydrogen-bond acceptors (Lipinski definition) is 3. The summed E-state index contributed by atoms with van der Waals surface area (Å²) in [7, 11) is 0. The normalized spacial score (nSPS) is 12.7. The molecule has 0 fully saturated rings. The first-order valence-corrected chi connectivity index (χ1v) is 6.25. The summed E-state index contributed by atoms with van der Waals surface area (Å²) < 4.78 is 6.32. The Bertz CT molecular complexity index is 527. The zero-order valence-corrected chi connectivity index (χ0v) is 11.5. The van der Waals surface area contributed by atoms with Gasteiger partial charge in [0.15, 0.2) is 0 Å². The molecule has 2 rings (SSSR count). The molecule has 90 valence electrons. The number of aryl methyl sites for hydroxylation is 1. The van der Waals surface area contributed by atoms with Crippen LogP contribution in [0.2, 0.25) is 5.02 Å². The molecule has 3 nitrogen and oxygen atoms in total. The maximum Gasteiger partial charge on any atom is 0.140 e. The summed E-state index contributed by atoms with van der Waals surface area (Å²) in [6, 6.07) is 7.32. The summed E-state index contributed by atoms with van der Waals surface area (Å²) in [5, 5.41) is 0.709. The van der Waals surface area contributed by atoms with Crippen LogP contribution >= 0.6 is 27.5 Å². The topological polar surface area (TPSA) is 51.2 Å². The van der Waals surface area contributed by atoms with Crippen molar-refractivity contribution in [2.75, 3.05) is 0 Å². The predicted molar refractivity (Wildman–Crippen MR) is 71.8 cm³/mol. The Balaban J connectivity index is 2.46. The van der Waals surface area contributed by atoms with Crippen LogP contribution in [0, 0.1) is 6.92 Å². The van der Waals surface area contributed by atoms with Gasteiger partial charge in [-0.2, -0.15) is 0 Å². The molecule has 1 aromatic heterocycles. The minimum Gasteiger partial charge on any atom is -0.466 e. The largest absolute Gasteiger partial charge is 0.466 e. The molecule has 0 amide bonds. The molecule has 0 aliphatic heterocycles. The average molecular weight is 316 g/mol. The Morgan fingerprint density at radius 1 is 1.41 bits per heavy atom. The molecule has 0 saturated heterocycles. The zero-order valence-electron chi connectivity index (χ0n) is 9.21. The van der Waals surface area contributed by atoms with Crippen LogP contribution < -0.4 is 11.3 Å². The van der Waals surface area contributed by atoms with Gasteiger partial charge in [0.25, 0.3) is 0 Å². The van der Waals surface area contributed by atoms with Crippen LogP contribution in [0.15, 0.2) is 39.4 Å². The molecular formula is C12H12BrClN2O. The van der Waals surface area contributed by atoms with E-state index in [4.69, 9.17) is 21.9 Å². The molecule has 0 radical (unpaired) electrons. The molecule has 0 bridgehead atoms. The molecule has 5 heteroatoms. The second-order valence-corrected chi connectivity index (χ2v) is 5.02. The molecule has 0 aliphatic carbocycles. The summed E-state index contributed by atoms with van der Waals surface area (Å²) >= 11 is 9.37. The highest BCUT2D eigenvalue weighted by molar-refractivity contribution is 9.10. The number of nitrogens with two attached hydrogens (primary N) is 1. The fourth-order valence-corrected chi connectivity index (χ4v) is 2.44. The van der Waals surface area contributed by atoms with Gasteiger partial charge in [-0.1, -0.05) is 17.7 Å². The van der Waals surface area contributed by atoms with Gasteiger partial charge >= 0.3 is 0 Å². The first kappa shape index (κ1) is 12.6. The van der Waals surface area contributed by atoms with E-state index in [2.05, 4.69) is 21.4 Å². The van der Waals surface area contributed by atoms with Gasteiger partial charge in [0.05, 0.1) is 10.7 Å². The van der Waals surface area contributed by atoms with Gasteiger partial charge in [-0.05, 0) is 52.2 Å². The number of rotatable bonds is 3. The van der Waals surface area contributed by atoms with E-state index in [1.54, 1.807) is 6.26 Å². The van der Waals surface area contributed by atoms with E-state index in [1.807, 2.05) is 31.2 Å². The van der Waals surface area contributed by atoms with E-state index in [0.717, 1.165) is 21.4 Å². The van der Waals surface area contributed by atoms with Crippen molar-refractivity contribution in [3.05, 3.63) is 56.9 Å². The third-order valence-electron chi connectivity index (χ3n) is 2.62. The predicted octanol–water partition coefficient (Wildman–Crippen LogP) is 3.56. The number of nitrogens with one attached hydrogen (secondary N) is 1. The lowest BCUT2D eigenvalue weighted by Gasteiger charge is -2.17. The number of furan rings is 1. The van der Waals surface area contributed by atoms with Crippen molar-refractivity contribution in [1.29, 1.82) is 0 Å². The van der Waals surface area contributed by atoms with Crippen molar-refractivity contribution in [2.45, 2.75) is 13.0 Å². The third-order valence-corrected chi connectivity index (χ3v) is 3.51. The first-order valence-electron chi connectivity index (χ1n) is 5.08. The van der Waals surface area contributed by atoms with Crippen molar-refractivity contribution in [3.63, 3.8) is 0 Å². The fraction of sp³-hybridized carbons (Fsp3) is 0.167. The van der Waals surface area contributed by atoms with E-state index in [-0.39, 0.29) is 6.04 Å². The van der Waals surface area contributed by atoms with Crippen LogP contribution in [-0.4, -0.2) is 0 Å². The second-order valence-electron chi connectivity index (χ2n) is 3.73. The van der Waals surface area contributed by atoms with Crippen molar-refractivity contribution >= 4 is 27.5 Å². The molecule has 0 saturated carbocycles. The SMILES string of the molecule is Cc1cc(Cl)ccc1C(NN)c1occc1Br. The Morgan fingerprint density at radius 2 is 2.18 bits per heavy atom. The second kappa shape index (κ2) is 5.23. The Hall–Kier alpha value is -0.810. The van der Waals surface area contributed by atoms with Crippen LogP contribution in [0.25, 0.3) is 0 Å². The van der Waals surface area contributed by atoms with Gasteiger partial charge in [-0.25, -0.2) is 5.43 Å². The van der Waals surface area contributed by atoms with Crippen LogP contribution in [0.5, 0.6) is 0 Å². The molecule has 1 atom stereocenters. The Kier molecular flexibility index (Phi) is 3.89. The Morgan fingerprint density at radius 3 is 2.71 bits per heavy atom. The van der Waals surface area contributed by atoms with E-state index in [1.165, 1.54) is 0 Å². The summed E-state index contributed by atoms with van der Waals surface area (Å²) in [6.45, 7) is 1.99. The molecule has 0 spiro atoms. The van der Waals surface area contributed by atoms with Gasteiger partial charge < -0.3 is 4.42 Å². The lowest BCUT2D eigenvalue weighted by molar-refractivity contribution is 0.449. The quantitative estimate of drug-likeness (QED) is 0.672. The minimum absolute atomic E-state index is 0.198. The van der Waals surface area contributed by atoms with Crippen LogP contribution in [0.1, 0.15) is 22.9 Å². The summed E-state index contributed by atoms with van der Waals surface area (Å²) in [5.74, 6) is 6.36. The minimum atomic E-state index is -0.198. The number of halogens is 2. The average Bonchev–Trinajstić information content (AvgIpc) is 2.69. The fourth-order valence-electron chi connectivity index (χ4n) is 1.78. The van der Waals surface area contributed by atoms with Crippen LogP contribution in [0.3, 0.4) is 0 Å². The van der Waals surface area contributed by atoms with Crippen molar-refractivity contribution < 1.29 is 4.42 Å². The van der Waals surface area contributed by atoms with Crippen molar-refractivity contribution in [3.8, 4) is 0 Å². The lowest BCUT2D eigenvalue weighted by atomic mass is 10.00. The number of hydrazine groups is 1. The Labute approximate surface area is 113 Å². The monoisotopic (exact) mass is 314 g/mol. The highest BCUT2D eigenvalue weighted by atomic mass is 79.9. The number of benzene rings is 1. The molecule has 2 aromatic rings. The third kappa shape index (κ3) is 2.55. The van der Waals surface area contributed by atoms with Crippen molar-refractivity contribution in [2.24, 2.45) is 5.84 Å². The molecule has 1 aromatic carbocycles. The molecule has 17 heavy (non-hydrogen) atoms. The smallest absolute Gasteiger partial charge is 0.140 e.